The van der Waals surface area contributed by atoms with Gasteiger partial charge in [0, 0.05) is 24.4 Å². The molecule has 16 heavy (non-hydrogen) atoms. The molecule has 4 unspecified atom stereocenters. The molecule has 1 saturated heterocycles. The fraction of sp³-hybridized carbons (Fsp3) is 0.615. The van der Waals surface area contributed by atoms with Gasteiger partial charge in [-0.3, -0.25) is 4.98 Å². The first-order chi connectivity index (χ1) is 7.68. The summed E-state index contributed by atoms with van der Waals surface area (Å²) >= 11 is 0. The van der Waals surface area contributed by atoms with Crippen LogP contribution in [-0.4, -0.2) is 23.2 Å². The lowest BCUT2D eigenvalue weighted by Crippen LogP contribution is -2.32. The van der Waals surface area contributed by atoms with Gasteiger partial charge in [-0.15, -0.1) is 0 Å². The Kier molecular flexibility index (Phi) is 3.56. The van der Waals surface area contributed by atoms with Crippen molar-refractivity contribution in [1.29, 1.82) is 0 Å². The van der Waals surface area contributed by atoms with E-state index in [4.69, 9.17) is 10.5 Å². The Balaban J connectivity index is 2.00. The van der Waals surface area contributed by atoms with E-state index in [1.54, 1.807) is 6.20 Å². The van der Waals surface area contributed by atoms with Crippen LogP contribution in [0.3, 0.4) is 0 Å². The molecule has 1 aliphatic heterocycles. The van der Waals surface area contributed by atoms with Crippen LogP contribution in [0.25, 0.3) is 0 Å². The van der Waals surface area contributed by atoms with Gasteiger partial charge >= 0.3 is 0 Å². The van der Waals surface area contributed by atoms with Gasteiger partial charge in [-0.1, -0.05) is 13.0 Å². The smallest absolute Gasteiger partial charge is 0.0728 e. The maximum Gasteiger partial charge on any atom is 0.0728 e. The quantitative estimate of drug-likeness (QED) is 0.848. The Morgan fingerprint density at radius 3 is 2.69 bits per heavy atom. The fourth-order valence-corrected chi connectivity index (χ4v) is 2.30. The number of hydrogen-bond acceptors (Lipinski definition) is 3. The first-order valence-corrected chi connectivity index (χ1v) is 5.99. The lowest BCUT2D eigenvalue weighted by Gasteiger charge is -2.21. The Labute approximate surface area is 97.0 Å². The van der Waals surface area contributed by atoms with Crippen molar-refractivity contribution in [3.63, 3.8) is 0 Å². The van der Waals surface area contributed by atoms with Gasteiger partial charge in [-0.05, 0) is 31.4 Å². The zero-order chi connectivity index (χ0) is 11.5. The summed E-state index contributed by atoms with van der Waals surface area (Å²) in [5.41, 5.74) is 7.11. The summed E-state index contributed by atoms with van der Waals surface area (Å²) < 4.78 is 5.99. The average molecular weight is 220 g/mol. The van der Waals surface area contributed by atoms with Crippen molar-refractivity contribution < 1.29 is 4.74 Å². The molecule has 2 rings (SSSR count). The summed E-state index contributed by atoms with van der Waals surface area (Å²) in [6, 6.07) is 4.22. The third-order valence-corrected chi connectivity index (χ3v) is 3.44. The summed E-state index contributed by atoms with van der Waals surface area (Å²) in [5, 5.41) is 0. The summed E-state index contributed by atoms with van der Waals surface area (Å²) in [4.78, 5) is 4.15. The molecular formula is C13H20N2O. The van der Waals surface area contributed by atoms with E-state index in [1.807, 2.05) is 19.2 Å². The molecule has 3 nitrogen and oxygen atoms in total. The van der Waals surface area contributed by atoms with Crippen LogP contribution in [0.5, 0.6) is 0 Å². The van der Waals surface area contributed by atoms with Crippen LogP contribution in [0.1, 0.15) is 38.2 Å². The molecule has 1 fully saturated rings. The van der Waals surface area contributed by atoms with Gasteiger partial charge < -0.3 is 10.5 Å². The number of aromatic nitrogens is 1. The highest BCUT2D eigenvalue weighted by Crippen LogP contribution is 2.31. The van der Waals surface area contributed by atoms with Crippen LogP contribution in [0.2, 0.25) is 0 Å². The Morgan fingerprint density at radius 1 is 1.38 bits per heavy atom. The maximum absolute atomic E-state index is 5.99. The summed E-state index contributed by atoms with van der Waals surface area (Å²) in [6.45, 7) is 4.22. The highest BCUT2D eigenvalue weighted by molar-refractivity contribution is 5.15. The molecule has 1 aromatic heterocycles. The van der Waals surface area contributed by atoms with E-state index in [0.29, 0.717) is 12.0 Å². The largest absolute Gasteiger partial charge is 0.373 e. The van der Waals surface area contributed by atoms with Gasteiger partial charge in [-0.2, -0.15) is 0 Å². The van der Waals surface area contributed by atoms with Gasteiger partial charge in [-0.25, -0.2) is 0 Å². The average Bonchev–Trinajstić information content (AvgIpc) is 2.78. The molecule has 0 radical (unpaired) electrons. The molecule has 0 aromatic carbocycles. The zero-order valence-electron chi connectivity index (χ0n) is 9.97. The molecule has 0 spiro atoms. The van der Waals surface area contributed by atoms with Gasteiger partial charge in [0.05, 0.1) is 12.2 Å². The van der Waals surface area contributed by atoms with Crippen molar-refractivity contribution >= 4 is 0 Å². The SMILES string of the molecule is CC(N)C1CCC(C(C)c2cccnc2)O1. The van der Waals surface area contributed by atoms with E-state index in [2.05, 4.69) is 18.0 Å². The summed E-state index contributed by atoms with van der Waals surface area (Å²) in [5.74, 6) is 0.400. The van der Waals surface area contributed by atoms with Crippen LogP contribution in [0, 0.1) is 0 Å². The second kappa shape index (κ2) is 4.93. The van der Waals surface area contributed by atoms with Gasteiger partial charge in [0.2, 0.25) is 0 Å². The molecule has 1 aromatic rings. The maximum atomic E-state index is 5.99. The summed E-state index contributed by atoms with van der Waals surface area (Å²) in [6.07, 6.45) is 6.42. The third kappa shape index (κ3) is 2.42. The van der Waals surface area contributed by atoms with E-state index in [9.17, 15) is 0 Å². The molecule has 0 saturated carbocycles. The minimum Gasteiger partial charge on any atom is -0.373 e. The molecule has 4 atom stereocenters. The van der Waals surface area contributed by atoms with Crippen molar-refractivity contribution in [3.8, 4) is 0 Å². The minimum atomic E-state index is 0.131. The van der Waals surface area contributed by atoms with E-state index in [-0.39, 0.29) is 12.1 Å². The second-order valence-electron chi connectivity index (χ2n) is 4.72. The normalized spacial score (nSPS) is 28.9. The highest BCUT2D eigenvalue weighted by atomic mass is 16.5. The number of nitrogens with zero attached hydrogens (tertiary/aromatic N) is 1. The third-order valence-electron chi connectivity index (χ3n) is 3.44. The second-order valence-corrected chi connectivity index (χ2v) is 4.72. The molecular weight excluding hydrogens is 200 g/mol. The highest BCUT2D eigenvalue weighted by Gasteiger charge is 2.31. The molecule has 0 aliphatic carbocycles. The molecule has 88 valence electrons. The van der Waals surface area contributed by atoms with Crippen LogP contribution < -0.4 is 5.73 Å². The van der Waals surface area contributed by atoms with Crippen molar-refractivity contribution in [1.82, 2.24) is 4.98 Å². The first kappa shape index (κ1) is 11.6. The number of rotatable bonds is 3. The van der Waals surface area contributed by atoms with E-state index in [0.717, 1.165) is 12.8 Å². The molecule has 2 N–H and O–H groups in total. The van der Waals surface area contributed by atoms with E-state index < -0.39 is 0 Å². The molecule has 0 amide bonds. The van der Waals surface area contributed by atoms with Gasteiger partial charge in [0.1, 0.15) is 0 Å². The summed E-state index contributed by atoms with van der Waals surface area (Å²) in [7, 11) is 0. The molecule has 0 bridgehead atoms. The fourth-order valence-electron chi connectivity index (χ4n) is 2.30. The van der Waals surface area contributed by atoms with Crippen LogP contribution >= 0.6 is 0 Å². The predicted octanol–water partition coefficient (Wildman–Crippen LogP) is 2.08. The zero-order valence-corrected chi connectivity index (χ0v) is 9.97. The molecule has 1 aliphatic rings. The molecule has 2 heterocycles. The number of nitrogens with two attached hydrogens (primary N) is 1. The lowest BCUT2D eigenvalue weighted by atomic mass is 9.95. The Morgan fingerprint density at radius 2 is 2.12 bits per heavy atom. The van der Waals surface area contributed by atoms with Crippen molar-refractivity contribution in [2.24, 2.45) is 5.73 Å². The Bertz CT molecular complexity index is 326. The number of ether oxygens (including phenoxy) is 1. The number of pyridine rings is 1. The van der Waals surface area contributed by atoms with Crippen LogP contribution in [0.4, 0.5) is 0 Å². The van der Waals surface area contributed by atoms with Crippen molar-refractivity contribution in [2.75, 3.05) is 0 Å². The topological polar surface area (TPSA) is 48.1 Å². The predicted molar refractivity (Wildman–Crippen MR) is 64.2 cm³/mol. The van der Waals surface area contributed by atoms with Gasteiger partial charge in [0.25, 0.3) is 0 Å². The number of hydrogen-bond donors (Lipinski definition) is 1. The van der Waals surface area contributed by atoms with E-state index in [1.165, 1.54) is 5.56 Å². The van der Waals surface area contributed by atoms with Crippen LogP contribution in [0.15, 0.2) is 24.5 Å². The standard InChI is InChI=1S/C13H20N2O/c1-9(11-4-3-7-15-8-11)12-5-6-13(16-12)10(2)14/h3-4,7-10,12-13H,5-6,14H2,1-2H3. The monoisotopic (exact) mass is 220 g/mol. The minimum absolute atomic E-state index is 0.131. The lowest BCUT2D eigenvalue weighted by molar-refractivity contribution is 0.0222. The van der Waals surface area contributed by atoms with E-state index >= 15 is 0 Å². The Hall–Kier alpha value is -0.930. The van der Waals surface area contributed by atoms with Gasteiger partial charge in [0.15, 0.2) is 0 Å². The van der Waals surface area contributed by atoms with Crippen molar-refractivity contribution in [3.05, 3.63) is 30.1 Å². The molecule has 3 heteroatoms. The van der Waals surface area contributed by atoms with Crippen LogP contribution in [-0.2, 0) is 4.74 Å². The first-order valence-electron chi connectivity index (χ1n) is 5.99. The van der Waals surface area contributed by atoms with Crippen molar-refractivity contribution in [2.45, 2.75) is 50.9 Å².